The Kier molecular flexibility index (Phi) is 53.9. The smallest absolute Gasteiger partial charge is 0.306 e. The Bertz CT molecular complexity index is 1650. The van der Waals surface area contributed by atoms with Gasteiger partial charge in [-0.05, 0) is 96.3 Å². The predicted molar refractivity (Wildman–Crippen MR) is 323 cm³/mol. The fourth-order valence-electron chi connectivity index (χ4n) is 8.15. The van der Waals surface area contributed by atoms with E-state index >= 15 is 0 Å². The summed E-state index contributed by atoms with van der Waals surface area (Å²) in [6.07, 6.45) is 78.5. The van der Waals surface area contributed by atoms with Crippen LogP contribution in [0.5, 0.6) is 0 Å². The van der Waals surface area contributed by atoms with Gasteiger partial charge in [0.2, 0.25) is 0 Å². The second-order valence-electron chi connectivity index (χ2n) is 21.3. The van der Waals surface area contributed by atoms with Crippen LogP contribution in [0.25, 0.3) is 0 Å². The molecule has 0 saturated heterocycles. The molecule has 0 rings (SSSR count). The number of nitrogens with zero attached hydrogens (tertiary/aromatic N) is 1. The lowest BCUT2D eigenvalue weighted by Crippen LogP contribution is -2.37. The molecule has 2 unspecified atom stereocenters. The summed E-state index contributed by atoms with van der Waals surface area (Å²) in [4.78, 5) is 38.0. The van der Waals surface area contributed by atoms with Crippen molar-refractivity contribution < 1.29 is 42.1 Å². The number of phosphoric acid groups is 1. The Hall–Kier alpha value is -3.33. The number of likely N-dealkylation sites (N-methyl/N-ethyl adjacent to an activating group) is 1. The first-order chi connectivity index (χ1) is 37.0. The van der Waals surface area contributed by atoms with E-state index in [0.717, 1.165) is 103 Å². The third-order valence-corrected chi connectivity index (χ3v) is 13.8. The summed E-state index contributed by atoms with van der Waals surface area (Å²) in [5, 5.41) is 0. The van der Waals surface area contributed by atoms with E-state index in [1.165, 1.54) is 109 Å². The molecule has 2 atom stereocenters. The lowest BCUT2D eigenvalue weighted by atomic mass is 10.0. The number of carbonyl (C=O) groups is 2. The standard InChI is InChI=1S/C66H114NO8P/c1-6-8-10-12-14-16-18-20-22-24-26-28-30-32-33-35-36-38-40-42-44-46-48-50-52-54-56-58-65(68)72-62-64(63-74-76(70,71)73-61-60-67(3,4)5)75-66(69)59-57-55-53-51-49-47-45-43-41-39-37-34-31-29-27-25-23-21-19-17-15-13-11-9-7-2/h8-11,14-17,20-23,26-29,34,37,64H,6-7,12-13,18-19,24-25,30-33,35-36,38-63H2,1-5H3/b10-8-,11-9-,16-14-,17-15-,22-20-,23-21-,28-26-,29-27-,37-34-. The molecule has 0 aromatic rings. The summed E-state index contributed by atoms with van der Waals surface area (Å²) in [5.74, 6) is -0.842. The van der Waals surface area contributed by atoms with Crippen LogP contribution in [0.2, 0.25) is 0 Å². The van der Waals surface area contributed by atoms with Gasteiger partial charge in [0.25, 0.3) is 7.82 Å². The fourth-order valence-corrected chi connectivity index (χ4v) is 8.87. The number of rotatable bonds is 55. The van der Waals surface area contributed by atoms with Crippen molar-refractivity contribution in [2.45, 2.75) is 251 Å². The monoisotopic (exact) mass is 1080 g/mol. The molecule has 0 aliphatic heterocycles. The van der Waals surface area contributed by atoms with Gasteiger partial charge in [-0.3, -0.25) is 14.2 Å². The SMILES string of the molecule is CC/C=C\C/C=C\C/C=C\C/C=C\C/C=C\CCCCCCCCCCCC(=O)OC(COC(=O)CCCCCCCCCCCCCCCC/C=C\C/C=C\C/C=C\C/C=C\CC)COP(=O)([O-])OCC[N+](C)(C)C. The maximum Gasteiger partial charge on any atom is 0.306 e. The first-order valence-corrected chi connectivity index (χ1v) is 32.1. The van der Waals surface area contributed by atoms with Gasteiger partial charge in [-0.25, -0.2) is 0 Å². The Morgan fingerprint density at radius 2 is 0.711 bits per heavy atom. The van der Waals surface area contributed by atoms with Crippen molar-refractivity contribution in [1.82, 2.24) is 0 Å². The minimum atomic E-state index is -4.65. The lowest BCUT2D eigenvalue weighted by Gasteiger charge is -2.28. The van der Waals surface area contributed by atoms with Gasteiger partial charge in [-0.15, -0.1) is 0 Å². The van der Waals surface area contributed by atoms with Crippen LogP contribution in [0.1, 0.15) is 245 Å². The molecule has 76 heavy (non-hydrogen) atoms. The maximum atomic E-state index is 12.8. The predicted octanol–water partition coefficient (Wildman–Crippen LogP) is 18.7. The normalized spacial score (nSPS) is 14.0. The van der Waals surface area contributed by atoms with Crippen molar-refractivity contribution >= 4 is 19.8 Å². The first kappa shape index (κ1) is 72.7. The van der Waals surface area contributed by atoms with Crippen molar-refractivity contribution in [2.24, 2.45) is 0 Å². The van der Waals surface area contributed by atoms with Crippen LogP contribution in [0.3, 0.4) is 0 Å². The molecule has 9 nitrogen and oxygen atoms in total. The van der Waals surface area contributed by atoms with E-state index in [0.29, 0.717) is 17.4 Å². The quantitative estimate of drug-likeness (QED) is 0.0195. The minimum absolute atomic E-state index is 0.0369. The van der Waals surface area contributed by atoms with Gasteiger partial charge in [0, 0.05) is 12.8 Å². The Labute approximate surface area is 467 Å². The summed E-state index contributed by atoms with van der Waals surface area (Å²) in [6.45, 7) is 4.01. The zero-order valence-corrected chi connectivity index (χ0v) is 50.3. The third-order valence-electron chi connectivity index (χ3n) is 12.8. The fraction of sp³-hybridized carbons (Fsp3) is 0.697. The summed E-state index contributed by atoms with van der Waals surface area (Å²) in [6, 6.07) is 0. The zero-order chi connectivity index (χ0) is 55.6. The lowest BCUT2D eigenvalue weighted by molar-refractivity contribution is -0.870. The number of phosphoric ester groups is 1. The molecule has 0 aliphatic rings. The van der Waals surface area contributed by atoms with Crippen molar-refractivity contribution in [3.8, 4) is 0 Å². The van der Waals surface area contributed by atoms with Crippen molar-refractivity contribution in [1.29, 1.82) is 0 Å². The topological polar surface area (TPSA) is 111 Å². The summed E-state index contributed by atoms with van der Waals surface area (Å²) in [5.41, 5.74) is 0. The number of hydrogen-bond donors (Lipinski definition) is 0. The van der Waals surface area contributed by atoms with Crippen molar-refractivity contribution in [3.63, 3.8) is 0 Å². The Morgan fingerprint density at radius 1 is 0.408 bits per heavy atom. The van der Waals surface area contributed by atoms with E-state index in [9.17, 15) is 19.0 Å². The second kappa shape index (κ2) is 56.4. The molecule has 0 radical (unpaired) electrons. The third kappa shape index (κ3) is 59.9. The highest BCUT2D eigenvalue weighted by atomic mass is 31.2. The van der Waals surface area contributed by atoms with E-state index in [1.807, 2.05) is 21.1 Å². The molecule has 0 heterocycles. The van der Waals surface area contributed by atoms with E-state index < -0.39 is 26.5 Å². The molecule has 0 bridgehead atoms. The second-order valence-corrected chi connectivity index (χ2v) is 22.7. The number of quaternary nitrogens is 1. The van der Waals surface area contributed by atoms with E-state index in [4.69, 9.17) is 18.5 Å². The van der Waals surface area contributed by atoms with Crippen LogP contribution >= 0.6 is 7.82 Å². The summed E-state index contributed by atoms with van der Waals surface area (Å²) < 4.78 is 34.2. The summed E-state index contributed by atoms with van der Waals surface area (Å²) >= 11 is 0. The number of ether oxygens (including phenoxy) is 2. The van der Waals surface area contributed by atoms with Crippen molar-refractivity contribution in [3.05, 3.63) is 109 Å². The van der Waals surface area contributed by atoms with E-state index in [-0.39, 0.29) is 32.0 Å². The molecular weight excluding hydrogens is 966 g/mol. The number of esters is 2. The van der Waals surface area contributed by atoms with Gasteiger partial charge >= 0.3 is 11.9 Å². The van der Waals surface area contributed by atoms with Gasteiger partial charge in [0.1, 0.15) is 19.8 Å². The van der Waals surface area contributed by atoms with Crippen LogP contribution in [0.4, 0.5) is 0 Å². The van der Waals surface area contributed by atoms with Gasteiger partial charge in [-0.1, -0.05) is 245 Å². The van der Waals surface area contributed by atoms with E-state index in [1.54, 1.807) is 0 Å². The molecule has 0 fully saturated rings. The van der Waals surface area contributed by atoms with Gasteiger partial charge in [-0.2, -0.15) is 0 Å². The highest BCUT2D eigenvalue weighted by Crippen LogP contribution is 2.38. The molecule has 0 N–H and O–H groups in total. The van der Waals surface area contributed by atoms with Gasteiger partial charge in [0.15, 0.2) is 6.10 Å². The molecule has 0 spiro atoms. The molecule has 0 aromatic carbocycles. The van der Waals surface area contributed by atoms with Gasteiger partial charge < -0.3 is 27.9 Å². The molecule has 436 valence electrons. The van der Waals surface area contributed by atoms with Crippen molar-refractivity contribution in [2.75, 3.05) is 47.5 Å². The highest BCUT2D eigenvalue weighted by Gasteiger charge is 2.22. The zero-order valence-electron chi connectivity index (χ0n) is 49.4. The van der Waals surface area contributed by atoms with E-state index in [2.05, 4.69) is 123 Å². The number of unbranched alkanes of at least 4 members (excludes halogenated alkanes) is 23. The van der Waals surface area contributed by atoms with Gasteiger partial charge in [0.05, 0.1) is 27.7 Å². The number of carbonyl (C=O) groups excluding carboxylic acids is 2. The minimum Gasteiger partial charge on any atom is -0.756 e. The molecule has 0 saturated carbocycles. The van der Waals surface area contributed by atoms with Crippen LogP contribution < -0.4 is 4.89 Å². The highest BCUT2D eigenvalue weighted by molar-refractivity contribution is 7.45. The van der Waals surface area contributed by atoms with Crippen LogP contribution in [0, 0.1) is 0 Å². The molecule has 10 heteroatoms. The first-order valence-electron chi connectivity index (χ1n) is 30.6. The molecule has 0 aromatic heterocycles. The Morgan fingerprint density at radius 3 is 1.05 bits per heavy atom. The maximum absolute atomic E-state index is 12.8. The average molecular weight is 1080 g/mol. The number of hydrogen-bond acceptors (Lipinski definition) is 8. The van der Waals surface area contributed by atoms with Crippen LogP contribution in [-0.4, -0.2) is 70.0 Å². The van der Waals surface area contributed by atoms with Crippen LogP contribution in [0.15, 0.2) is 109 Å². The number of allylic oxidation sites excluding steroid dienone is 18. The Balaban J connectivity index is 4.15. The molecular formula is C66H114NO8P. The average Bonchev–Trinajstić information content (AvgIpc) is 3.38. The molecule has 0 aliphatic carbocycles. The summed E-state index contributed by atoms with van der Waals surface area (Å²) in [7, 11) is 1.15. The molecule has 0 amide bonds. The largest absolute Gasteiger partial charge is 0.756 e. The van der Waals surface area contributed by atoms with Crippen LogP contribution in [-0.2, 0) is 32.7 Å².